The standard InChI is InChI=1S/C35H52N6O8S/c1-22(2)19-27(36)32(43)41-30(23(3)4)35(46)40-29(21-26-15-10-7-11-16-26)34(45)39-28(20-25-13-8-6-9-14-25)33(44)38-24(5)31(42)37-17-12-18-50(47,48)49/h6-11,13-16,22-24,27-30H,12,17-21,36H2,1-5H3,(H,37,42)(H,38,44)(H,39,45)(H,40,46)(H,41,43)(H,47,48,49)/t24-,27-,28-,29-,30-/m1/s1. The van der Waals surface area contributed by atoms with Gasteiger partial charge < -0.3 is 32.3 Å². The van der Waals surface area contributed by atoms with Crippen molar-refractivity contribution >= 4 is 39.7 Å². The summed E-state index contributed by atoms with van der Waals surface area (Å²) in [6, 6.07) is 12.7. The summed E-state index contributed by atoms with van der Waals surface area (Å²) in [5.74, 6) is -3.71. The van der Waals surface area contributed by atoms with Crippen molar-refractivity contribution in [3.8, 4) is 0 Å². The lowest BCUT2D eigenvalue weighted by molar-refractivity contribution is -0.135. The number of hydrogen-bond acceptors (Lipinski definition) is 8. The van der Waals surface area contributed by atoms with Crippen molar-refractivity contribution in [1.82, 2.24) is 26.6 Å². The van der Waals surface area contributed by atoms with Crippen molar-refractivity contribution in [2.75, 3.05) is 12.3 Å². The van der Waals surface area contributed by atoms with E-state index in [2.05, 4.69) is 26.6 Å². The van der Waals surface area contributed by atoms with Gasteiger partial charge in [0, 0.05) is 19.4 Å². The second-order valence-electron chi connectivity index (χ2n) is 13.1. The minimum Gasteiger partial charge on any atom is -0.354 e. The third-order valence-corrected chi connectivity index (χ3v) is 8.58. The third-order valence-electron chi connectivity index (χ3n) is 7.77. The molecule has 2 aromatic rings. The van der Waals surface area contributed by atoms with Gasteiger partial charge in [-0.05, 0) is 42.7 Å². The highest BCUT2D eigenvalue weighted by Crippen LogP contribution is 2.10. The third kappa shape index (κ3) is 15.5. The SMILES string of the molecule is CC(C)C[C@@H](N)C(=O)N[C@@H](C(=O)N[C@H](Cc1ccccc1)C(=O)N[C@H](Cc1ccccc1)C(=O)N[C@H](C)C(=O)NCCCS(=O)(=O)O)C(C)C. The van der Waals surface area contributed by atoms with Gasteiger partial charge in [-0.1, -0.05) is 88.4 Å². The number of nitrogens with one attached hydrogen (secondary N) is 5. The number of carbonyl (C=O) groups excluding carboxylic acids is 5. The second kappa shape index (κ2) is 20.4. The topological polar surface area (TPSA) is 226 Å². The van der Waals surface area contributed by atoms with E-state index in [-0.39, 0.29) is 37.6 Å². The number of benzene rings is 2. The van der Waals surface area contributed by atoms with Crippen LogP contribution in [-0.4, -0.2) is 85.0 Å². The Balaban J connectivity index is 2.28. The molecule has 14 nitrogen and oxygen atoms in total. The number of hydrogen-bond donors (Lipinski definition) is 7. The number of rotatable bonds is 20. The Morgan fingerprint density at radius 2 is 1.16 bits per heavy atom. The zero-order valence-corrected chi connectivity index (χ0v) is 30.2. The zero-order chi connectivity index (χ0) is 37.4. The molecule has 15 heteroatoms. The Morgan fingerprint density at radius 1 is 0.680 bits per heavy atom. The smallest absolute Gasteiger partial charge is 0.264 e. The first-order valence-electron chi connectivity index (χ1n) is 16.7. The van der Waals surface area contributed by atoms with Crippen molar-refractivity contribution in [3.63, 3.8) is 0 Å². The lowest BCUT2D eigenvalue weighted by Gasteiger charge is -2.28. The van der Waals surface area contributed by atoms with Crippen LogP contribution in [0.25, 0.3) is 0 Å². The first-order valence-corrected chi connectivity index (χ1v) is 18.4. The van der Waals surface area contributed by atoms with Crippen LogP contribution in [0.15, 0.2) is 60.7 Å². The maximum Gasteiger partial charge on any atom is 0.264 e. The summed E-state index contributed by atoms with van der Waals surface area (Å²) in [6.07, 6.45) is 0.534. The molecule has 0 fully saturated rings. The highest BCUT2D eigenvalue weighted by atomic mass is 32.2. The maximum atomic E-state index is 13.9. The van der Waals surface area contributed by atoms with E-state index in [4.69, 9.17) is 10.3 Å². The number of nitrogens with two attached hydrogens (primary N) is 1. The predicted octanol–water partition coefficient (Wildman–Crippen LogP) is 0.854. The van der Waals surface area contributed by atoms with Crippen LogP contribution in [0.2, 0.25) is 0 Å². The molecule has 0 spiro atoms. The van der Waals surface area contributed by atoms with E-state index in [1.54, 1.807) is 68.4 Å². The van der Waals surface area contributed by atoms with Crippen LogP contribution in [0.1, 0.15) is 58.6 Å². The van der Waals surface area contributed by atoms with Crippen molar-refractivity contribution in [3.05, 3.63) is 71.8 Å². The molecule has 0 aliphatic rings. The molecule has 2 aromatic carbocycles. The number of amides is 5. The second-order valence-corrected chi connectivity index (χ2v) is 14.7. The molecular formula is C35H52N6O8S. The van der Waals surface area contributed by atoms with Gasteiger partial charge in [0.15, 0.2) is 0 Å². The Morgan fingerprint density at radius 3 is 1.62 bits per heavy atom. The zero-order valence-electron chi connectivity index (χ0n) is 29.3. The molecule has 0 heterocycles. The summed E-state index contributed by atoms with van der Waals surface area (Å²) in [7, 11) is -4.18. The van der Waals surface area contributed by atoms with Crippen LogP contribution in [0.3, 0.4) is 0 Å². The number of carbonyl (C=O) groups is 5. The van der Waals surface area contributed by atoms with Crippen LogP contribution in [0, 0.1) is 11.8 Å². The van der Waals surface area contributed by atoms with Crippen LogP contribution in [0.4, 0.5) is 0 Å². The molecule has 0 bridgehead atoms. The maximum absolute atomic E-state index is 13.9. The van der Waals surface area contributed by atoms with Crippen molar-refractivity contribution in [2.24, 2.45) is 17.6 Å². The average molecular weight is 717 g/mol. The summed E-state index contributed by atoms with van der Waals surface area (Å²) >= 11 is 0. The van der Waals surface area contributed by atoms with Gasteiger partial charge in [0.2, 0.25) is 29.5 Å². The fourth-order valence-corrected chi connectivity index (χ4v) is 5.57. The molecule has 0 aliphatic heterocycles. The first kappa shape index (κ1) is 41.8. The van der Waals surface area contributed by atoms with Crippen LogP contribution in [0.5, 0.6) is 0 Å². The lowest BCUT2D eigenvalue weighted by atomic mass is 9.99. The van der Waals surface area contributed by atoms with E-state index in [1.165, 1.54) is 6.92 Å². The molecule has 0 unspecified atom stereocenters. The highest BCUT2D eigenvalue weighted by Gasteiger charge is 2.32. The highest BCUT2D eigenvalue weighted by molar-refractivity contribution is 7.85. The Bertz CT molecular complexity index is 1520. The summed E-state index contributed by atoms with van der Waals surface area (Å²) in [4.78, 5) is 66.6. The fourth-order valence-electron chi connectivity index (χ4n) is 5.06. The van der Waals surface area contributed by atoms with E-state index in [0.717, 1.165) is 11.1 Å². The minimum absolute atomic E-state index is 0.0292. The average Bonchev–Trinajstić information content (AvgIpc) is 3.04. The normalized spacial score (nSPS) is 14.5. The van der Waals surface area contributed by atoms with Gasteiger partial charge in [0.25, 0.3) is 10.1 Å². The Kier molecular flexibility index (Phi) is 17.0. The molecule has 5 atom stereocenters. The minimum atomic E-state index is -4.18. The Hall–Kier alpha value is -4.34. The van der Waals surface area contributed by atoms with Crippen molar-refractivity contribution < 1.29 is 36.9 Å². The summed E-state index contributed by atoms with van der Waals surface area (Å²) in [6.45, 7) is 8.78. The predicted molar refractivity (Wildman–Crippen MR) is 190 cm³/mol. The van der Waals surface area contributed by atoms with Gasteiger partial charge in [0.1, 0.15) is 24.2 Å². The molecule has 8 N–H and O–H groups in total. The van der Waals surface area contributed by atoms with Crippen LogP contribution >= 0.6 is 0 Å². The van der Waals surface area contributed by atoms with Crippen molar-refractivity contribution in [2.45, 2.75) is 90.5 Å². The van der Waals surface area contributed by atoms with Crippen LogP contribution in [-0.2, 0) is 46.9 Å². The van der Waals surface area contributed by atoms with E-state index in [0.29, 0.717) is 6.42 Å². The molecule has 50 heavy (non-hydrogen) atoms. The molecule has 0 radical (unpaired) electrons. The largest absolute Gasteiger partial charge is 0.354 e. The van der Waals surface area contributed by atoms with Gasteiger partial charge in [-0.3, -0.25) is 28.5 Å². The van der Waals surface area contributed by atoms with E-state index < -0.39 is 75.6 Å². The summed E-state index contributed by atoms with van der Waals surface area (Å²) < 4.78 is 30.8. The molecule has 2 rings (SSSR count). The monoisotopic (exact) mass is 716 g/mol. The molecule has 0 aromatic heterocycles. The summed E-state index contributed by atoms with van der Waals surface area (Å²) in [5, 5.41) is 13.4. The van der Waals surface area contributed by atoms with Crippen LogP contribution < -0.4 is 32.3 Å². The van der Waals surface area contributed by atoms with Gasteiger partial charge in [-0.15, -0.1) is 0 Å². The quantitative estimate of drug-likeness (QED) is 0.0761. The fraction of sp³-hybridized carbons (Fsp3) is 0.514. The van der Waals surface area contributed by atoms with Gasteiger partial charge in [0.05, 0.1) is 11.8 Å². The van der Waals surface area contributed by atoms with Gasteiger partial charge >= 0.3 is 0 Å². The van der Waals surface area contributed by atoms with E-state index >= 15 is 0 Å². The molecular weight excluding hydrogens is 664 g/mol. The molecule has 0 aliphatic carbocycles. The van der Waals surface area contributed by atoms with Gasteiger partial charge in [-0.25, -0.2) is 0 Å². The molecule has 5 amide bonds. The van der Waals surface area contributed by atoms with E-state index in [1.807, 2.05) is 19.9 Å². The summed E-state index contributed by atoms with van der Waals surface area (Å²) in [5.41, 5.74) is 7.52. The molecule has 0 saturated carbocycles. The first-order chi connectivity index (χ1) is 23.5. The van der Waals surface area contributed by atoms with Crippen molar-refractivity contribution in [1.29, 1.82) is 0 Å². The van der Waals surface area contributed by atoms with E-state index in [9.17, 15) is 32.4 Å². The van der Waals surface area contributed by atoms with Gasteiger partial charge in [-0.2, -0.15) is 8.42 Å². The lowest BCUT2D eigenvalue weighted by Crippen LogP contribution is -2.60. The molecule has 0 saturated heterocycles. The Labute approximate surface area is 294 Å². The molecule has 276 valence electrons.